The van der Waals surface area contributed by atoms with Crippen LogP contribution in [-0.2, 0) is 6.42 Å². The summed E-state index contributed by atoms with van der Waals surface area (Å²) in [7, 11) is 0. The molecule has 1 atom stereocenters. The molecule has 1 aromatic carbocycles. The molecule has 3 heterocycles. The summed E-state index contributed by atoms with van der Waals surface area (Å²) in [6.45, 7) is 3.01. The van der Waals surface area contributed by atoms with E-state index in [1.54, 1.807) is 0 Å². The third-order valence-corrected chi connectivity index (χ3v) is 7.05. The number of benzene rings is 1. The fourth-order valence-electron chi connectivity index (χ4n) is 5.19. The van der Waals surface area contributed by atoms with E-state index in [0.29, 0.717) is 5.69 Å². The molecular formula is C22H24ClN3O. The summed E-state index contributed by atoms with van der Waals surface area (Å²) in [5, 5.41) is 1.97. The Morgan fingerprint density at radius 1 is 1.33 bits per heavy atom. The maximum Gasteiger partial charge on any atom is 0.270 e. The first-order valence-electron chi connectivity index (χ1n) is 9.87. The van der Waals surface area contributed by atoms with Crippen LogP contribution in [0.25, 0.3) is 10.9 Å². The van der Waals surface area contributed by atoms with Crippen molar-refractivity contribution in [2.75, 3.05) is 6.54 Å². The molecule has 1 amide bonds. The van der Waals surface area contributed by atoms with Gasteiger partial charge in [-0.2, -0.15) is 0 Å². The Kier molecular flexibility index (Phi) is 3.87. The SMILES string of the molecule is CCC1(C2c3[nH]c4ccc(Cl)cc4c3CCN2C(=O)c2ccc[nH]2)CCC1. The van der Waals surface area contributed by atoms with Gasteiger partial charge in [-0.15, -0.1) is 0 Å². The quantitative estimate of drug-likeness (QED) is 0.621. The third kappa shape index (κ3) is 2.46. The van der Waals surface area contributed by atoms with Crippen LogP contribution in [0.1, 0.15) is 60.4 Å². The summed E-state index contributed by atoms with van der Waals surface area (Å²) in [4.78, 5) is 22.2. The maximum absolute atomic E-state index is 13.3. The number of rotatable bonds is 3. The van der Waals surface area contributed by atoms with E-state index in [-0.39, 0.29) is 17.4 Å². The molecule has 27 heavy (non-hydrogen) atoms. The Hall–Kier alpha value is -2.20. The first-order valence-corrected chi connectivity index (χ1v) is 10.2. The van der Waals surface area contributed by atoms with Gasteiger partial charge in [0.2, 0.25) is 0 Å². The van der Waals surface area contributed by atoms with Gasteiger partial charge >= 0.3 is 0 Å². The van der Waals surface area contributed by atoms with Gasteiger partial charge in [0.1, 0.15) is 5.69 Å². The molecule has 0 bridgehead atoms. The largest absolute Gasteiger partial charge is 0.357 e. The van der Waals surface area contributed by atoms with Crippen molar-refractivity contribution < 1.29 is 4.79 Å². The third-order valence-electron chi connectivity index (χ3n) is 6.81. The van der Waals surface area contributed by atoms with Gasteiger partial charge in [-0.3, -0.25) is 4.79 Å². The molecule has 2 aliphatic rings. The predicted octanol–water partition coefficient (Wildman–Crippen LogP) is 5.47. The van der Waals surface area contributed by atoms with Crippen LogP contribution in [-0.4, -0.2) is 27.3 Å². The molecule has 0 radical (unpaired) electrons. The lowest BCUT2D eigenvalue weighted by atomic mass is 9.60. The maximum atomic E-state index is 13.3. The van der Waals surface area contributed by atoms with Gasteiger partial charge in [-0.05, 0) is 67.0 Å². The molecule has 1 saturated carbocycles. The number of aromatic amines is 2. The number of hydrogen-bond donors (Lipinski definition) is 2. The Balaban J connectivity index is 1.67. The fraction of sp³-hybridized carbons (Fsp3) is 0.409. The van der Waals surface area contributed by atoms with E-state index in [4.69, 9.17) is 11.6 Å². The molecule has 0 spiro atoms. The van der Waals surface area contributed by atoms with Crippen molar-refractivity contribution >= 4 is 28.4 Å². The number of H-pyrrole nitrogens is 2. The van der Waals surface area contributed by atoms with Gasteiger partial charge in [-0.25, -0.2) is 0 Å². The first-order chi connectivity index (χ1) is 13.1. The summed E-state index contributed by atoms with van der Waals surface area (Å²) in [5.41, 5.74) is 4.53. The minimum absolute atomic E-state index is 0.0991. The molecule has 1 aliphatic carbocycles. The van der Waals surface area contributed by atoms with Gasteiger partial charge in [0, 0.05) is 34.4 Å². The van der Waals surface area contributed by atoms with E-state index < -0.39 is 0 Å². The number of carbonyl (C=O) groups is 1. The van der Waals surface area contributed by atoms with Crippen molar-refractivity contribution in [2.45, 2.75) is 45.1 Å². The minimum Gasteiger partial charge on any atom is -0.357 e. The molecule has 5 heteroatoms. The molecule has 2 N–H and O–H groups in total. The van der Waals surface area contributed by atoms with E-state index in [9.17, 15) is 4.79 Å². The molecule has 5 rings (SSSR count). The zero-order valence-corrected chi connectivity index (χ0v) is 16.3. The number of carbonyl (C=O) groups excluding carboxylic acids is 1. The Labute approximate surface area is 163 Å². The molecule has 2 aromatic heterocycles. The fourth-order valence-corrected chi connectivity index (χ4v) is 5.36. The number of aromatic nitrogens is 2. The van der Waals surface area contributed by atoms with E-state index in [2.05, 4.69) is 33.9 Å². The molecule has 1 aliphatic heterocycles. The summed E-state index contributed by atoms with van der Waals surface area (Å²) in [6.07, 6.45) is 7.37. The molecule has 4 nitrogen and oxygen atoms in total. The van der Waals surface area contributed by atoms with Crippen molar-refractivity contribution in [1.82, 2.24) is 14.9 Å². The van der Waals surface area contributed by atoms with Crippen LogP contribution in [0.15, 0.2) is 36.5 Å². The van der Waals surface area contributed by atoms with Crippen LogP contribution in [0.4, 0.5) is 0 Å². The average Bonchev–Trinajstić information content (AvgIpc) is 3.28. The number of amides is 1. The summed E-state index contributed by atoms with van der Waals surface area (Å²) >= 11 is 6.27. The van der Waals surface area contributed by atoms with E-state index >= 15 is 0 Å². The summed E-state index contributed by atoms with van der Waals surface area (Å²) in [6, 6.07) is 9.92. The van der Waals surface area contributed by atoms with Crippen LogP contribution in [0.5, 0.6) is 0 Å². The summed E-state index contributed by atoms with van der Waals surface area (Å²) in [5.74, 6) is 0.104. The first kappa shape index (κ1) is 16.9. The number of halogens is 1. The van der Waals surface area contributed by atoms with E-state index in [1.165, 1.54) is 35.9 Å². The minimum atomic E-state index is 0.0991. The molecule has 1 unspecified atom stereocenters. The molecule has 0 saturated heterocycles. The highest BCUT2D eigenvalue weighted by atomic mass is 35.5. The van der Waals surface area contributed by atoms with Gasteiger partial charge in [0.15, 0.2) is 0 Å². The zero-order valence-electron chi connectivity index (χ0n) is 15.5. The topological polar surface area (TPSA) is 51.9 Å². The predicted molar refractivity (Wildman–Crippen MR) is 108 cm³/mol. The molecular weight excluding hydrogens is 358 g/mol. The van der Waals surface area contributed by atoms with E-state index in [0.717, 1.165) is 29.9 Å². The highest BCUT2D eigenvalue weighted by Crippen LogP contribution is 2.57. The highest BCUT2D eigenvalue weighted by Gasteiger charge is 2.50. The van der Waals surface area contributed by atoms with Gasteiger partial charge in [0.25, 0.3) is 5.91 Å². The smallest absolute Gasteiger partial charge is 0.270 e. The normalized spacial score (nSPS) is 21.1. The number of fused-ring (bicyclic) bond motifs is 3. The second-order valence-corrected chi connectivity index (χ2v) is 8.45. The van der Waals surface area contributed by atoms with Crippen LogP contribution in [0, 0.1) is 5.41 Å². The van der Waals surface area contributed by atoms with Gasteiger partial charge in [-0.1, -0.05) is 24.9 Å². The van der Waals surface area contributed by atoms with Crippen molar-refractivity contribution in [1.29, 1.82) is 0 Å². The van der Waals surface area contributed by atoms with Gasteiger partial charge in [0.05, 0.1) is 6.04 Å². The lowest BCUT2D eigenvalue weighted by molar-refractivity contribution is -0.00877. The number of nitrogens with one attached hydrogen (secondary N) is 2. The van der Waals surface area contributed by atoms with E-state index in [1.807, 2.05) is 24.4 Å². The average molecular weight is 382 g/mol. The molecule has 140 valence electrons. The second-order valence-electron chi connectivity index (χ2n) is 8.01. The summed E-state index contributed by atoms with van der Waals surface area (Å²) < 4.78 is 0. The molecule has 3 aromatic rings. The van der Waals surface area contributed by atoms with Crippen LogP contribution < -0.4 is 0 Å². The van der Waals surface area contributed by atoms with Crippen molar-refractivity contribution in [2.24, 2.45) is 5.41 Å². The second kappa shape index (κ2) is 6.16. The Bertz CT molecular complexity index is 995. The molecule has 1 fully saturated rings. The van der Waals surface area contributed by atoms with Crippen LogP contribution >= 0.6 is 11.6 Å². The van der Waals surface area contributed by atoms with Crippen LogP contribution in [0.3, 0.4) is 0 Å². The standard InChI is InChI=1S/C22H24ClN3O/c1-2-22(9-4-10-22)20-19-15(16-13-14(23)6-7-17(16)25-19)8-12-26(20)21(27)18-5-3-11-24-18/h3,5-7,11,13,20,24-25H,2,4,8-10,12H2,1H3. The lowest BCUT2D eigenvalue weighted by Gasteiger charge is -2.53. The Morgan fingerprint density at radius 3 is 2.85 bits per heavy atom. The van der Waals surface area contributed by atoms with Crippen molar-refractivity contribution in [3.05, 3.63) is 58.5 Å². The Morgan fingerprint density at radius 2 is 2.19 bits per heavy atom. The van der Waals surface area contributed by atoms with Crippen LogP contribution in [0.2, 0.25) is 5.02 Å². The number of nitrogens with zero attached hydrogens (tertiary/aromatic N) is 1. The van der Waals surface area contributed by atoms with Crippen molar-refractivity contribution in [3.8, 4) is 0 Å². The lowest BCUT2D eigenvalue weighted by Crippen LogP contribution is -2.50. The zero-order chi connectivity index (χ0) is 18.6. The van der Waals surface area contributed by atoms with Crippen molar-refractivity contribution in [3.63, 3.8) is 0 Å². The van der Waals surface area contributed by atoms with Gasteiger partial charge < -0.3 is 14.9 Å². The number of hydrogen-bond acceptors (Lipinski definition) is 1. The monoisotopic (exact) mass is 381 g/mol. The highest BCUT2D eigenvalue weighted by molar-refractivity contribution is 6.31.